The highest BCUT2D eigenvalue weighted by atomic mass is 35.5. The van der Waals surface area contributed by atoms with Crippen molar-refractivity contribution in [1.29, 1.82) is 0 Å². The molecule has 4 rings (SSSR count). The van der Waals surface area contributed by atoms with E-state index < -0.39 is 34.8 Å². The average Bonchev–Trinajstić information content (AvgIpc) is 3.45. The largest absolute Gasteiger partial charge is 0.353 e. The summed E-state index contributed by atoms with van der Waals surface area (Å²) in [7, 11) is 0. The first kappa shape index (κ1) is 19.4. The summed E-state index contributed by atoms with van der Waals surface area (Å²) in [6.07, 6.45) is 4.29. The number of amides is 3. The van der Waals surface area contributed by atoms with Crippen molar-refractivity contribution in [2.24, 2.45) is 17.8 Å². The first-order valence-electron chi connectivity index (χ1n) is 9.85. The molecule has 152 valence electrons. The first-order chi connectivity index (χ1) is 13.4. The zero-order valence-electron chi connectivity index (χ0n) is 15.7. The van der Waals surface area contributed by atoms with Crippen LogP contribution in [-0.2, 0) is 4.79 Å². The molecule has 3 aliphatic rings. The van der Waals surface area contributed by atoms with Crippen LogP contribution in [0.2, 0.25) is 5.02 Å². The highest BCUT2D eigenvalue weighted by Gasteiger charge is 2.45. The molecule has 28 heavy (non-hydrogen) atoms. The Hall–Kier alpha value is -1.89. The normalized spacial score (nSPS) is 28.4. The van der Waals surface area contributed by atoms with Gasteiger partial charge in [-0.25, -0.2) is 13.6 Å². The predicted molar refractivity (Wildman–Crippen MR) is 101 cm³/mol. The van der Waals surface area contributed by atoms with Gasteiger partial charge in [-0.3, -0.25) is 4.79 Å². The lowest BCUT2D eigenvalue weighted by Gasteiger charge is -2.42. The van der Waals surface area contributed by atoms with Crippen molar-refractivity contribution >= 4 is 23.5 Å². The topological polar surface area (TPSA) is 61.4 Å². The van der Waals surface area contributed by atoms with Gasteiger partial charge < -0.3 is 15.5 Å². The van der Waals surface area contributed by atoms with Crippen molar-refractivity contribution in [2.45, 2.75) is 44.7 Å². The van der Waals surface area contributed by atoms with Gasteiger partial charge in [0.2, 0.25) is 5.91 Å². The Morgan fingerprint density at radius 2 is 2.00 bits per heavy atom. The SMILES string of the molecule is C[C@@H]1C(=O)NCCN1C(=O)NC(c1ccc(F)c(Cl)c1F)[C@H]1C[C@@H](C2CC2)C1. The van der Waals surface area contributed by atoms with E-state index in [-0.39, 0.29) is 17.4 Å². The summed E-state index contributed by atoms with van der Waals surface area (Å²) in [5, 5.41) is 5.07. The molecule has 1 aromatic carbocycles. The zero-order valence-corrected chi connectivity index (χ0v) is 16.4. The summed E-state index contributed by atoms with van der Waals surface area (Å²) in [4.78, 5) is 26.2. The zero-order chi connectivity index (χ0) is 20.0. The van der Waals surface area contributed by atoms with Crippen LogP contribution in [0.3, 0.4) is 0 Å². The third-order valence-electron chi connectivity index (χ3n) is 6.41. The fourth-order valence-corrected chi connectivity index (χ4v) is 4.61. The second-order valence-electron chi connectivity index (χ2n) is 8.18. The molecule has 2 saturated carbocycles. The molecule has 1 unspecified atom stereocenters. The number of carbonyl (C=O) groups is 2. The third-order valence-corrected chi connectivity index (χ3v) is 6.76. The van der Waals surface area contributed by atoms with Crippen molar-refractivity contribution in [3.8, 4) is 0 Å². The minimum Gasteiger partial charge on any atom is -0.353 e. The summed E-state index contributed by atoms with van der Waals surface area (Å²) >= 11 is 5.78. The van der Waals surface area contributed by atoms with E-state index in [1.165, 1.54) is 23.8 Å². The highest BCUT2D eigenvalue weighted by molar-refractivity contribution is 6.31. The quantitative estimate of drug-likeness (QED) is 0.743. The molecule has 2 aliphatic carbocycles. The van der Waals surface area contributed by atoms with Gasteiger partial charge in [0.15, 0.2) is 0 Å². The molecule has 2 atom stereocenters. The fourth-order valence-electron chi connectivity index (χ4n) is 4.44. The fraction of sp³-hybridized carbons (Fsp3) is 0.600. The van der Waals surface area contributed by atoms with Crippen LogP contribution in [0.25, 0.3) is 0 Å². The minimum atomic E-state index is -0.828. The standard InChI is InChI=1S/C20H24ClF2N3O2/c1-10-19(27)24-6-7-26(10)20(28)25-18(13-8-12(9-13)11-2-3-11)14-4-5-15(22)16(21)17(14)23/h4-5,10-13,18H,2-3,6-9H2,1H3,(H,24,27)(H,25,28)/t10-,12-,13+,18?/m1/s1. The Balaban J connectivity index is 1.56. The number of hydrogen-bond acceptors (Lipinski definition) is 2. The van der Waals surface area contributed by atoms with E-state index in [2.05, 4.69) is 10.6 Å². The lowest BCUT2D eigenvalue weighted by Crippen LogP contribution is -2.59. The molecule has 3 fully saturated rings. The van der Waals surface area contributed by atoms with E-state index >= 15 is 0 Å². The average molecular weight is 412 g/mol. The third kappa shape index (κ3) is 3.56. The molecule has 3 amide bonds. The summed E-state index contributed by atoms with van der Waals surface area (Å²) < 4.78 is 28.4. The van der Waals surface area contributed by atoms with Gasteiger partial charge >= 0.3 is 6.03 Å². The van der Waals surface area contributed by atoms with Crippen molar-refractivity contribution in [3.63, 3.8) is 0 Å². The van der Waals surface area contributed by atoms with E-state index in [1.807, 2.05) is 0 Å². The Morgan fingerprint density at radius 3 is 2.68 bits per heavy atom. The second kappa shape index (κ2) is 7.50. The molecule has 0 spiro atoms. The van der Waals surface area contributed by atoms with Gasteiger partial charge in [-0.05, 0) is 56.4 Å². The van der Waals surface area contributed by atoms with Crippen LogP contribution in [0.5, 0.6) is 0 Å². The van der Waals surface area contributed by atoms with Gasteiger partial charge in [0.25, 0.3) is 0 Å². The molecule has 0 bridgehead atoms. The van der Waals surface area contributed by atoms with E-state index in [4.69, 9.17) is 11.6 Å². The van der Waals surface area contributed by atoms with Gasteiger partial charge in [0, 0.05) is 18.7 Å². The maximum atomic E-state index is 14.7. The predicted octanol–water partition coefficient (Wildman–Crippen LogP) is 3.63. The van der Waals surface area contributed by atoms with Crippen molar-refractivity contribution in [3.05, 3.63) is 34.4 Å². The number of urea groups is 1. The summed E-state index contributed by atoms with van der Waals surface area (Å²) in [5.41, 5.74) is 0.202. The molecule has 1 saturated heterocycles. The van der Waals surface area contributed by atoms with E-state index in [0.717, 1.165) is 24.8 Å². The van der Waals surface area contributed by atoms with Gasteiger partial charge in [-0.1, -0.05) is 17.7 Å². The summed E-state index contributed by atoms with van der Waals surface area (Å²) in [5.74, 6) is -0.431. The van der Waals surface area contributed by atoms with Gasteiger partial charge in [-0.15, -0.1) is 0 Å². The van der Waals surface area contributed by atoms with E-state index in [0.29, 0.717) is 19.0 Å². The number of nitrogens with one attached hydrogen (secondary N) is 2. The van der Waals surface area contributed by atoms with Crippen LogP contribution in [0.4, 0.5) is 13.6 Å². The van der Waals surface area contributed by atoms with Crippen LogP contribution < -0.4 is 10.6 Å². The van der Waals surface area contributed by atoms with Gasteiger partial charge in [0.05, 0.1) is 6.04 Å². The van der Waals surface area contributed by atoms with Crippen LogP contribution >= 0.6 is 11.6 Å². The van der Waals surface area contributed by atoms with Crippen LogP contribution in [0, 0.1) is 29.4 Å². The maximum absolute atomic E-state index is 14.7. The molecule has 1 heterocycles. The van der Waals surface area contributed by atoms with E-state index in [1.54, 1.807) is 6.92 Å². The number of benzene rings is 1. The van der Waals surface area contributed by atoms with Crippen LogP contribution in [0.1, 0.15) is 44.2 Å². The molecule has 5 nitrogen and oxygen atoms in total. The number of carbonyl (C=O) groups excluding carboxylic acids is 2. The van der Waals surface area contributed by atoms with Crippen LogP contribution in [-0.4, -0.2) is 36.0 Å². The molecular weight excluding hydrogens is 388 g/mol. The Labute approximate surface area is 167 Å². The lowest BCUT2D eigenvalue weighted by atomic mass is 9.67. The number of rotatable bonds is 4. The van der Waals surface area contributed by atoms with Gasteiger partial charge in [-0.2, -0.15) is 0 Å². The maximum Gasteiger partial charge on any atom is 0.318 e. The lowest BCUT2D eigenvalue weighted by molar-refractivity contribution is -0.127. The Bertz CT molecular complexity index is 796. The Kier molecular flexibility index (Phi) is 5.21. The summed E-state index contributed by atoms with van der Waals surface area (Å²) in [6, 6.07) is 0.878. The number of nitrogens with zero attached hydrogens (tertiary/aromatic N) is 1. The second-order valence-corrected chi connectivity index (χ2v) is 8.56. The molecule has 2 N–H and O–H groups in total. The number of piperazine rings is 1. The molecule has 8 heteroatoms. The number of halogens is 3. The molecular formula is C20H24ClF2N3O2. The molecule has 1 aliphatic heterocycles. The van der Waals surface area contributed by atoms with E-state index in [9.17, 15) is 18.4 Å². The molecule has 0 aromatic heterocycles. The monoisotopic (exact) mass is 411 g/mol. The minimum absolute atomic E-state index is 0.0690. The highest BCUT2D eigenvalue weighted by Crippen LogP contribution is 2.53. The van der Waals surface area contributed by atoms with Gasteiger partial charge in [0.1, 0.15) is 22.7 Å². The smallest absolute Gasteiger partial charge is 0.318 e. The molecule has 0 radical (unpaired) electrons. The molecule has 1 aromatic rings. The van der Waals surface area contributed by atoms with Crippen molar-refractivity contribution in [2.75, 3.05) is 13.1 Å². The first-order valence-corrected chi connectivity index (χ1v) is 10.2. The van der Waals surface area contributed by atoms with Crippen molar-refractivity contribution in [1.82, 2.24) is 15.5 Å². The Morgan fingerprint density at radius 1 is 1.29 bits per heavy atom. The van der Waals surface area contributed by atoms with Crippen LogP contribution in [0.15, 0.2) is 12.1 Å². The number of hydrogen-bond donors (Lipinski definition) is 2. The summed E-state index contributed by atoms with van der Waals surface area (Å²) in [6.45, 7) is 2.42. The van der Waals surface area contributed by atoms with Crippen molar-refractivity contribution < 1.29 is 18.4 Å².